The first-order valence-corrected chi connectivity index (χ1v) is 7.76. The van der Waals surface area contributed by atoms with E-state index in [2.05, 4.69) is 22.1 Å². The molecule has 0 amide bonds. The Morgan fingerprint density at radius 3 is 2.78 bits per heavy atom. The highest BCUT2D eigenvalue weighted by Gasteiger charge is 2.22. The zero-order valence-corrected chi connectivity index (χ0v) is 13.5. The van der Waals surface area contributed by atoms with Gasteiger partial charge in [-0.15, -0.1) is 0 Å². The smallest absolute Gasteiger partial charge is 0.240 e. The van der Waals surface area contributed by atoms with Crippen LogP contribution in [0.4, 0.5) is 0 Å². The minimum atomic E-state index is 0.195. The topological polar surface area (TPSA) is 86.6 Å². The quantitative estimate of drug-likeness (QED) is 0.897. The summed E-state index contributed by atoms with van der Waals surface area (Å²) in [6.45, 7) is 2.29. The van der Waals surface area contributed by atoms with Crippen molar-refractivity contribution in [3.63, 3.8) is 0 Å². The molecule has 1 aliphatic heterocycles. The largest absolute Gasteiger partial charge is 0.492 e. The molecule has 3 rings (SSSR count). The van der Waals surface area contributed by atoms with Gasteiger partial charge in [0, 0.05) is 13.1 Å². The number of aromatic nitrogens is 2. The van der Waals surface area contributed by atoms with E-state index in [-0.39, 0.29) is 12.6 Å². The molecule has 0 aliphatic carbocycles. The van der Waals surface area contributed by atoms with E-state index in [0.717, 1.165) is 31.5 Å². The Hall–Kier alpha value is -2.12. The molecule has 0 spiro atoms. The number of likely N-dealkylation sites (tertiary alicyclic amines) is 1. The lowest BCUT2D eigenvalue weighted by Gasteiger charge is -2.29. The van der Waals surface area contributed by atoms with Crippen molar-refractivity contribution in [1.29, 1.82) is 0 Å². The number of benzene rings is 1. The first-order valence-electron chi connectivity index (χ1n) is 7.76. The van der Waals surface area contributed by atoms with Gasteiger partial charge in [-0.1, -0.05) is 11.2 Å². The third kappa shape index (κ3) is 3.46. The van der Waals surface area contributed by atoms with E-state index in [0.29, 0.717) is 23.2 Å². The summed E-state index contributed by atoms with van der Waals surface area (Å²) >= 11 is 0. The molecule has 7 nitrogen and oxygen atoms in total. The molecule has 2 aromatic rings. The summed E-state index contributed by atoms with van der Waals surface area (Å²) in [4.78, 5) is 6.57. The van der Waals surface area contributed by atoms with Crippen molar-refractivity contribution in [1.82, 2.24) is 15.0 Å². The maximum absolute atomic E-state index is 6.16. The number of piperidine rings is 1. The fraction of sp³-hybridized carbons (Fsp3) is 0.500. The standard InChI is InChI=1S/C16H22N4O3/c1-20-8-6-11(7-9-20)22-13-5-3-4-12(15(13)21-2)16-18-14(10-17)23-19-16/h3-5,11H,6-10,17H2,1-2H3. The summed E-state index contributed by atoms with van der Waals surface area (Å²) in [6.07, 6.45) is 2.20. The number of nitrogens with two attached hydrogens (primary N) is 1. The van der Waals surface area contributed by atoms with Crippen molar-refractivity contribution in [3.05, 3.63) is 24.1 Å². The third-order valence-corrected chi connectivity index (χ3v) is 4.03. The summed E-state index contributed by atoms with van der Waals surface area (Å²) in [7, 11) is 3.74. The van der Waals surface area contributed by atoms with Gasteiger partial charge in [-0.25, -0.2) is 0 Å². The van der Waals surface area contributed by atoms with Gasteiger partial charge in [0.15, 0.2) is 11.5 Å². The fourth-order valence-electron chi connectivity index (χ4n) is 2.72. The Labute approximate surface area is 135 Å². The lowest BCUT2D eigenvalue weighted by molar-refractivity contribution is 0.111. The van der Waals surface area contributed by atoms with E-state index in [1.54, 1.807) is 7.11 Å². The van der Waals surface area contributed by atoms with Crippen LogP contribution >= 0.6 is 0 Å². The minimum absolute atomic E-state index is 0.195. The third-order valence-electron chi connectivity index (χ3n) is 4.03. The zero-order valence-electron chi connectivity index (χ0n) is 13.5. The Morgan fingerprint density at radius 2 is 2.13 bits per heavy atom. The van der Waals surface area contributed by atoms with Crippen LogP contribution in [0, 0.1) is 0 Å². The van der Waals surface area contributed by atoms with Gasteiger partial charge in [0.1, 0.15) is 6.10 Å². The molecule has 2 heterocycles. The SMILES string of the molecule is COc1c(OC2CCN(C)CC2)cccc1-c1noc(CN)n1. The summed E-state index contributed by atoms with van der Waals surface area (Å²) in [5.41, 5.74) is 6.26. The van der Waals surface area contributed by atoms with E-state index in [1.807, 2.05) is 18.2 Å². The predicted octanol–water partition coefficient (Wildman–Crippen LogP) is 1.68. The van der Waals surface area contributed by atoms with Crippen molar-refractivity contribution in [2.75, 3.05) is 27.2 Å². The Kier molecular flexibility index (Phi) is 4.78. The van der Waals surface area contributed by atoms with E-state index in [1.165, 1.54) is 0 Å². The molecule has 1 saturated heterocycles. The first-order chi connectivity index (χ1) is 11.2. The Balaban J connectivity index is 1.84. The van der Waals surface area contributed by atoms with Crippen molar-refractivity contribution in [2.24, 2.45) is 5.73 Å². The molecule has 124 valence electrons. The van der Waals surface area contributed by atoms with Gasteiger partial charge in [-0.05, 0) is 32.0 Å². The van der Waals surface area contributed by atoms with Crippen LogP contribution in [0.25, 0.3) is 11.4 Å². The number of para-hydroxylation sites is 1. The average molecular weight is 318 g/mol. The summed E-state index contributed by atoms with van der Waals surface area (Å²) in [5.74, 6) is 2.18. The maximum Gasteiger partial charge on any atom is 0.240 e. The van der Waals surface area contributed by atoms with Crippen molar-refractivity contribution >= 4 is 0 Å². The molecule has 0 radical (unpaired) electrons. The number of hydrogen-bond donors (Lipinski definition) is 1. The molecule has 1 aromatic carbocycles. The van der Waals surface area contributed by atoms with E-state index in [4.69, 9.17) is 19.7 Å². The van der Waals surface area contributed by atoms with Crippen LogP contribution in [-0.2, 0) is 6.54 Å². The molecular weight excluding hydrogens is 296 g/mol. The van der Waals surface area contributed by atoms with Crippen LogP contribution in [0.2, 0.25) is 0 Å². The van der Waals surface area contributed by atoms with Crippen molar-refractivity contribution in [3.8, 4) is 22.9 Å². The van der Waals surface area contributed by atoms with Crippen LogP contribution in [0.3, 0.4) is 0 Å². The Bertz CT molecular complexity index is 651. The molecule has 1 fully saturated rings. The van der Waals surface area contributed by atoms with Gasteiger partial charge in [0.2, 0.25) is 11.7 Å². The van der Waals surface area contributed by atoms with Gasteiger partial charge in [0.25, 0.3) is 0 Å². The molecule has 0 saturated carbocycles. The molecule has 1 aliphatic rings. The highest BCUT2D eigenvalue weighted by molar-refractivity contribution is 5.68. The predicted molar refractivity (Wildman–Crippen MR) is 85.3 cm³/mol. The molecule has 0 bridgehead atoms. The highest BCUT2D eigenvalue weighted by Crippen LogP contribution is 2.37. The minimum Gasteiger partial charge on any atom is -0.492 e. The molecular formula is C16H22N4O3. The molecule has 7 heteroatoms. The van der Waals surface area contributed by atoms with Gasteiger partial charge < -0.3 is 24.6 Å². The van der Waals surface area contributed by atoms with Crippen LogP contribution in [-0.4, -0.2) is 48.4 Å². The number of hydrogen-bond acceptors (Lipinski definition) is 7. The monoisotopic (exact) mass is 318 g/mol. The summed E-state index contributed by atoms with van der Waals surface area (Å²) < 4.78 is 16.8. The van der Waals surface area contributed by atoms with E-state index >= 15 is 0 Å². The van der Waals surface area contributed by atoms with Crippen LogP contribution in [0.15, 0.2) is 22.7 Å². The van der Waals surface area contributed by atoms with Gasteiger partial charge in [-0.3, -0.25) is 0 Å². The van der Waals surface area contributed by atoms with Gasteiger partial charge >= 0.3 is 0 Å². The van der Waals surface area contributed by atoms with Crippen molar-refractivity contribution in [2.45, 2.75) is 25.5 Å². The zero-order chi connectivity index (χ0) is 16.2. The molecule has 1 aromatic heterocycles. The first kappa shape index (κ1) is 15.8. The number of ether oxygens (including phenoxy) is 2. The van der Waals surface area contributed by atoms with E-state index in [9.17, 15) is 0 Å². The summed E-state index contributed by atoms with van der Waals surface area (Å²) in [6, 6.07) is 5.69. The maximum atomic E-state index is 6.16. The molecule has 0 atom stereocenters. The highest BCUT2D eigenvalue weighted by atomic mass is 16.5. The molecule has 0 unspecified atom stereocenters. The normalized spacial score (nSPS) is 16.5. The van der Waals surface area contributed by atoms with Crippen LogP contribution in [0.5, 0.6) is 11.5 Å². The number of nitrogens with zero attached hydrogens (tertiary/aromatic N) is 3. The van der Waals surface area contributed by atoms with Crippen LogP contribution in [0.1, 0.15) is 18.7 Å². The Morgan fingerprint density at radius 1 is 1.35 bits per heavy atom. The van der Waals surface area contributed by atoms with E-state index < -0.39 is 0 Å². The average Bonchev–Trinajstić information content (AvgIpc) is 3.05. The number of rotatable bonds is 5. The molecule has 2 N–H and O–H groups in total. The second-order valence-corrected chi connectivity index (χ2v) is 5.67. The second kappa shape index (κ2) is 6.97. The van der Waals surface area contributed by atoms with Crippen molar-refractivity contribution < 1.29 is 14.0 Å². The lowest BCUT2D eigenvalue weighted by Crippen LogP contribution is -2.35. The van der Waals surface area contributed by atoms with Gasteiger partial charge in [0.05, 0.1) is 19.2 Å². The van der Waals surface area contributed by atoms with Crippen LogP contribution < -0.4 is 15.2 Å². The lowest BCUT2D eigenvalue weighted by atomic mass is 10.1. The van der Waals surface area contributed by atoms with Gasteiger partial charge in [-0.2, -0.15) is 4.98 Å². The molecule has 23 heavy (non-hydrogen) atoms. The number of methoxy groups -OCH3 is 1. The second-order valence-electron chi connectivity index (χ2n) is 5.67. The summed E-state index contributed by atoms with van der Waals surface area (Å²) in [5, 5.41) is 3.96. The fourth-order valence-corrected chi connectivity index (χ4v) is 2.72.